The first kappa shape index (κ1) is 37.7. The number of aromatic nitrogens is 2. The van der Waals surface area contributed by atoms with Gasteiger partial charge in [0.15, 0.2) is 5.58 Å². The van der Waals surface area contributed by atoms with Crippen molar-refractivity contribution < 1.29 is 29.3 Å². The zero-order chi connectivity index (χ0) is 37.8. The van der Waals surface area contributed by atoms with Gasteiger partial charge in [-0.1, -0.05) is 24.3 Å². The van der Waals surface area contributed by atoms with Gasteiger partial charge in [-0.25, -0.2) is 9.59 Å². The number of unbranched alkanes of at least 4 members (excludes halogenated alkanes) is 1. The highest BCUT2D eigenvalue weighted by Crippen LogP contribution is 2.42. The fraction of sp³-hybridized carbons (Fsp3) is 0.375. The standard InChI is InChI=1S/C40H44N4O8S2/c1-43(26-9-11-27(12-10-26)52-40(38(48)49,34-6-4-20-53-34)35-7-5-21-54-35)18-2-3-19-44-30-15-8-25(22-33(30)51-39(44)50)23-41-24-32(46)28-13-16-31(45)37-29(28)14-17-36(47)42-37/h4-8,13-17,20-22,26-27,32,41,45-46H,2-3,9-12,18-19,23-24H2,1H3,(H,42,47)(H,48,49)/t26-,27-,32-/m0/s1. The van der Waals surface area contributed by atoms with E-state index < -0.39 is 23.4 Å². The average molecular weight is 773 g/mol. The number of aliphatic carboxylic acids is 1. The van der Waals surface area contributed by atoms with Gasteiger partial charge in [0.05, 0.1) is 33.0 Å². The number of fused-ring (bicyclic) bond motifs is 2. The summed E-state index contributed by atoms with van der Waals surface area (Å²) in [7, 11) is 2.13. The van der Waals surface area contributed by atoms with Gasteiger partial charge in [0.2, 0.25) is 11.2 Å². The smallest absolute Gasteiger partial charge is 0.419 e. The Morgan fingerprint density at radius 3 is 2.46 bits per heavy atom. The number of aromatic hydroxyl groups is 1. The number of ether oxygens (including phenoxy) is 1. The predicted octanol–water partition coefficient (Wildman–Crippen LogP) is 6.16. The molecule has 0 bridgehead atoms. The van der Waals surface area contributed by atoms with Crippen molar-refractivity contribution in [1.29, 1.82) is 0 Å². The van der Waals surface area contributed by atoms with Crippen molar-refractivity contribution in [1.82, 2.24) is 19.8 Å². The van der Waals surface area contributed by atoms with Crippen LogP contribution in [-0.2, 0) is 28.2 Å². The van der Waals surface area contributed by atoms with Crippen LogP contribution in [0.3, 0.4) is 0 Å². The van der Waals surface area contributed by atoms with Crippen LogP contribution in [0.4, 0.5) is 0 Å². The number of rotatable bonds is 16. The third-order valence-corrected chi connectivity index (χ3v) is 12.4. The van der Waals surface area contributed by atoms with Gasteiger partial charge in [-0.15, -0.1) is 22.7 Å². The van der Waals surface area contributed by atoms with Crippen LogP contribution in [0.15, 0.2) is 91.5 Å². The molecule has 284 valence electrons. The highest BCUT2D eigenvalue weighted by Gasteiger charge is 2.48. The third-order valence-electron chi connectivity index (χ3n) is 10.5. The van der Waals surface area contributed by atoms with Crippen LogP contribution in [0.2, 0.25) is 0 Å². The van der Waals surface area contributed by atoms with Gasteiger partial charge in [-0.05, 0) is 110 Å². The molecule has 1 aliphatic rings. The second-order valence-electron chi connectivity index (χ2n) is 13.9. The number of H-pyrrole nitrogens is 1. The molecule has 54 heavy (non-hydrogen) atoms. The first-order valence-electron chi connectivity index (χ1n) is 18.2. The first-order valence-corrected chi connectivity index (χ1v) is 20.0. The van der Waals surface area contributed by atoms with E-state index in [0.29, 0.717) is 45.4 Å². The van der Waals surface area contributed by atoms with Gasteiger partial charge in [0, 0.05) is 37.1 Å². The number of aryl methyl sites for hydroxylation is 1. The number of phenolic OH excluding ortho intramolecular Hbond substituents is 1. The second kappa shape index (κ2) is 16.4. The summed E-state index contributed by atoms with van der Waals surface area (Å²) in [5, 5.41) is 39.1. The number of pyridine rings is 1. The summed E-state index contributed by atoms with van der Waals surface area (Å²) in [5.74, 6) is -1.44. The number of carbonyl (C=O) groups is 1. The molecule has 4 heterocycles. The number of aliphatic hydroxyl groups is 1. The third kappa shape index (κ3) is 7.81. The van der Waals surface area contributed by atoms with Gasteiger partial charge in [-0.2, -0.15) is 0 Å². The molecule has 0 unspecified atom stereocenters. The number of oxazole rings is 1. The van der Waals surface area contributed by atoms with E-state index in [4.69, 9.17) is 9.15 Å². The molecule has 2 aromatic carbocycles. The number of phenols is 1. The zero-order valence-electron chi connectivity index (χ0n) is 29.9. The lowest BCUT2D eigenvalue weighted by atomic mass is 9.90. The fourth-order valence-corrected chi connectivity index (χ4v) is 9.38. The van der Waals surface area contributed by atoms with Crippen LogP contribution in [0.5, 0.6) is 5.75 Å². The minimum Gasteiger partial charge on any atom is -0.506 e. The number of hydrogen-bond acceptors (Lipinski definition) is 11. The number of thiophene rings is 2. The van der Waals surface area contributed by atoms with Crippen molar-refractivity contribution in [3.63, 3.8) is 0 Å². The Balaban J connectivity index is 0.878. The topological polar surface area (TPSA) is 170 Å². The summed E-state index contributed by atoms with van der Waals surface area (Å²) in [4.78, 5) is 43.7. The molecule has 7 rings (SSSR count). The Hall–Kier alpha value is -4.57. The Morgan fingerprint density at radius 1 is 1.04 bits per heavy atom. The van der Waals surface area contributed by atoms with Crippen molar-refractivity contribution in [2.45, 2.75) is 75.5 Å². The SMILES string of the molecule is CN(CCCCn1c(=O)oc2cc(CNC[C@H](O)c3ccc(O)c4[nH]c(=O)ccc34)ccc21)[C@H]1CC[C@H](OC(C(=O)O)(c2cccs2)c2cccs2)CC1. The number of carboxylic acid groups (broad SMARTS) is 1. The maximum atomic E-state index is 12.8. The van der Waals surface area contributed by atoms with E-state index in [-0.39, 0.29) is 29.5 Å². The van der Waals surface area contributed by atoms with E-state index >= 15 is 0 Å². The van der Waals surface area contributed by atoms with Gasteiger partial charge < -0.3 is 39.7 Å². The monoisotopic (exact) mass is 772 g/mol. The molecule has 5 N–H and O–H groups in total. The number of benzene rings is 2. The van der Waals surface area contributed by atoms with Gasteiger partial charge in [0.25, 0.3) is 0 Å². The highest BCUT2D eigenvalue weighted by molar-refractivity contribution is 7.12. The van der Waals surface area contributed by atoms with Crippen LogP contribution in [0.1, 0.15) is 65.5 Å². The van der Waals surface area contributed by atoms with E-state index in [1.165, 1.54) is 34.8 Å². The lowest BCUT2D eigenvalue weighted by Gasteiger charge is -2.38. The molecule has 0 aliphatic heterocycles. The van der Waals surface area contributed by atoms with Crippen LogP contribution in [0, 0.1) is 0 Å². The van der Waals surface area contributed by atoms with Gasteiger partial charge >= 0.3 is 11.7 Å². The van der Waals surface area contributed by atoms with Gasteiger partial charge in [-0.3, -0.25) is 9.36 Å². The molecule has 0 saturated heterocycles. The van der Waals surface area contributed by atoms with Crippen molar-refractivity contribution in [3.8, 4) is 5.75 Å². The maximum absolute atomic E-state index is 12.8. The summed E-state index contributed by atoms with van der Waals surface area (Å²) < 4.78 is 13.8. The predicted molar refractivity (Wildman–Crippen MR) is 209 cm³/mol. The highest BCUT2D eigenvalue weighted by atomic mass is 32.1. The van der Waals surface area contributed by atoms with Gasteiger partial charge in [0.1, 0.15) is 5.75 Å². The fourth-order valence-electron chi connectivity index (χ4n) is 7.57. The van der Waals surface area contributed by atoms with Crippen molar-refractivity contribution >= 4 is 50.6 Å². The largest absolute Gasteiger partial charge is 0.506 e. The zero-order valence-corrected chi connectivity index (χ0v) is 31.5. The summed E-state index contributed by atoms with van der Waals surface area (Å²) in [5.41, 5.74) is 1.18. The molecule has 1 aliphatic carbocycles. The molecule has 4 aromatic heterocycles. The molecule has 1 atom stereocenters. The van der Waals surface area contributed by atoms with E-state index in [1.807, 2.05) is 53.2 Å². The molecule has 0 spiro atoms. The van der Waals surface area contributed by atoms with Crippen molar-refractivity contribution in [2.24, 2.45) is 0 Å². The Labute approximate surface area is 319 Å². The number of nitrogens with one attached hydrogen (secondary N) is 2. The molecular formula is C40H44N4O8S2. The second-order valence-corrected chi connectivity index (χ2v) is 15.8. The Kier molecular flexibility index (Phi) is 11.5. The number of nitrogens with zero attached hydrogens (tertiary/aromatic N) is 2. The van der Waals surface area contributed by atoms with Crippen molar-refractivity contribution in [3.05, 3.63) is 119 Å². The van der Waals surface area contributed by atoms with E-state index in [1.54, 1.807) is 16.7 Å². The van der Waals surface area contributed by atoms with Crippen LogP contribution < -0.4 is 16.6 Å². The molecule has 1 saturated carbocycles. The van der Waals surface area contributed by atoms with E-state index in [2.05, 4.69) is 22.2 Å². The summed E-state index contributed by atoms with van der Waals surface area (Å²) in [6.45, 7) is 2.07. The Morgan fingerprint density at radius 2 is 1.78 bits per heavy atom. The number of aliphatic hydroxyl groups excluding tert-OH is 1. The first-order chi connectivity index (χ1) is 26.1. The summed E-state index contributed by atoms with van der Waals surface area (Å²) >= 11 is 2.82. The summed E-state index contributed by atoms with van der Waals surface area (Å²) in [6.07, 6.45) is 4.08. The molecule has 1 fully saturated rings. The maximum Gasteiger partial charge on any atom is 0.419 e. The minimum atomic E-state index is -1.49. The van der Waals surface area contributed by atoms with Crippen LogP contribution >= 0.6 is 22.7 Å². The average Bonchev–Trinajstić information content (AvgIpc) is 3.96. The normalized spacial score (nSPS) is 17.1. The number of aromatic amines is 1. The lowest BCUT2D eigenvalue weighted by Crippen LogP contribution is -2.44. The number of hydrogen-bond donors (Lipinski definition) is 5. The number of carboxylic acids is 1. The minimum absolute atomic E-state index is 0.0616. The molecule has 6 aromatic rings. The quantitative estimate of drug-likeness (QED) is 0.0719. The van der Waals surface area contributed by atoms with Crippen LogP contribution in [0.25, 0.3) is 22.0 Å². The molecule has 14 heteroatoms. The van der Waals surface area contributed by atoms with Crippen LogP contribution in [-0.4, -0.2) is 68.0 Å². The Bertz CT molecular complexity index is 2270. The van der Waals surface area contributed by atoms with Crippen molar-refractivity contribution in [2.75, 3.05) is 20.1 Å². The molecule has 12 nitrogen and oxygen atoms in total. The summed E-state index contributed by atoms with van der Waals surface area (Å²) in [6, 6.07) is 19.5. The lowest BCUT2D eigenvalue weighted by molar-refractivity contribution is -0.170. The van der Waals surface area contributed by atoms with E-state index in [9.17, 15) is 29.7 Å². The molecule has 0 radical (unpaired) electrons. The molecule has 0 amide bonds. The molecular weight excluding hydrogens is 729 g/mol. The van der Waals surface area contributed by atoms with E-state index in [0.717, 1.165) is 56.1 Å².